The van der Waals surface area contributed by atoms with E-state index in [-0.39, 0.29) is 6.04 Å². The predicted octanol–water partition coefficient (Wildman–Crippen LogP) is 4.06. The van der Waals surface area contributed by atoms with E-state index in [1.54, 1.807) is 7.11 Å². The lowest BCUT2D eigenvalue weighted by atomic mass is 10.1. The van der Waals surface area contributed by atoms with Crippen LogP contribution in [-0.4, -0.2) is 36.8 Å². The molecule has 0 aromatic heterocycles. The summed E-state index contributed by atoms with van der Waals surface area (Å²) in [5.41, 5.74) is 2.24. The maximum absolute atomic E-state index is 5.45. The maximum atomic E-state index is 5.45. The molecule has 0 fully saturated rings. The Labute approximate surface area is 156 Å². The van der Waals surface area contributed by atoms with Crippen molar-refractivity contribution in [2.75, 3.05) is 32.1 Å². The van der Waals surface area contributed by atoms with E-state index in [0.29, 0.717) is 5.11 Å². The number of methoxy groups -OCH3 is 1. The van der Waals surface area contributed by atoms with Gasteiger partial charge in [0, 0.05) is 12.2 Å². The molecule has 2 N–H and O–H groups in total. The van der Waals surface area contributed by atoms with Crippen molar-refractivity contribution in [2.45, 2.75) is 19.9 Å². The third kappa shape index (κ3) is 5.73. The summed E-state index contributed by atoms with van der Waals surface area (Å²) in [5.74, 6) is 0.829. The first kappa shape index (κ1) is 19.2. The van der Waals surface area contributed by atoms with Crippen LogP contribution < -0.4 is 15.4 Å². The minimum Gasteiger partial charge on any atom is -0.497 e. The minimum absolute atomic E-state index is 0.284. The van der Waals surface area contributed by atoms with Crippen LogP contribution in [-0.2, 0) is 0 Å². The Morgan fingerprint density at radius 3 is 2.24 bits per heavy atom. The van der Waals surface area contributed by atoms with Crippen LogP contribution in [0.1, 0.15) is 25.5 Å². The molecule has 0 aliphatic heterocycles. The fourth-order valence-corrected chi connectivity index (χ4v) is 3.04. The van der Waals surface area contributed by atoms with Gasteiger partial charge < -0.3 is 15.4 Å². The van der Waals surface area contributed by atoms with Crippen LogP contribution in [0.25, 0.3) is 0 Å². The highest BCUT2D eigenvalue weighted by Crippen LogP contribution is 2.20. The highest BCUT2D eigenvalue weighted by Gasteiger charge is 2.17. The van der Waals surface area contributed by atoms with Crippen LogP contribution in [0.15, 0.2) is 54.6 Å². The summed E-state index contributed by atoms with van der Waals surface area (Å²) in [6.45, 7) is 7.13. The number of ether oxygens (including phenoxy) is 1. The Balaban J connectivity index is 1.97. The number of benzene rings is 2. The van der Waals surface area contributed by atoms with E-state index in [1.807, 2.05) is 30.3 Å². The molecular formula is C20H27N3OS. The van der Waals surface area contributed by atoms with Gasteiger partial charge in [-0.25, -0.2) is 0 Å². The lowest BCUT2D eigenvalue weighted by Gasteiger charge is -2.30. The highest BCUT2D eigenvalue weighted by molar-refractivity contribution is 7.80. The molecule has 0 aliphatic rings. The number of hydrogen-bond acceptors (Lipinski definition) is 3. The first-order chi connectivity index (χ1) is 12.2. The Bertz CT molecular complexity index is 642. The number of anilines is 1. The second kappa shape index (κ2) is 10.0. The molecule has 0 spiro atoms. The van der Waals surface area contributed by atoms with Crippen molar-refractivity contribution in [1.29, 1.82) is 0 Å². The molecule has 0 radical (unpaired) electrons. The second-order valence-corrected chi connectivity index (χ2v) is 6.12. The standard InChI is InChI=1S/C20H27N3OS/c1-4-23(5-2)19(16-9-7-6-8-10-16)15-21-20(25)22-17-11-13-18(24-3)14-12-17/h6-14,19H,4-5,15H2,1-3H3,(H2,21,22,25)/t19-/m1/s1. The fourth-order valence-electron chi connectivity index (χ4n) is 2.84. The molecule has 25 heavy (non-hydrogen) atoms. The van der Waals surface area contributed by atoms with E-state index < -0.39 is 0 Å². The van der Waals surface area contributed by atoms with E-state index >= 15 is 0 Å². The van der Waals surface area contributed by atoms with Crippen molar-refractivity contribution in [3.05, 3.63) is 60.2 Å². The molecule has 0 amide bonds. The minimum atomic E-state index is 0.284. The topological polar surface area (TPSA) is 36.5 Å². The quantitative estimate of drug-likeness (QED) is 0.697. The van der Waals surface area contributed by atoms with Gasteiger partial charge >= 0.3 is 0 Å². The lowest BCUT2D eigenvalue weighted by molar-refractivity contribution is 0.219. The van der Waals surface area contributed by atoms with Gasteiger partial charge in [-0.05, 0) is 55.1 Å². The molecule has 0 saturated heterocycles. The zero-order chi connectivity index (χ0) is 18.1. The zero-order valence-electron chi connectivity index (χ0n) is 15.2. The Kier molecular flexibility index (Phi) is 7.70. The van der Waals surface area contributed by atoms with Gasteiger partial charge in [-0.15, -0.1) is 0 Å². The van der Waals surface area contributed by atoms with Gasteiger partial charge in [-0.2, -0.15) is 0 Å². The summed E-state index contributed by atoms with van der Waals surface area (Å²) in [6, 6.07) is 18.6. The van der Waals surface area contributed by atoms with Crippen LogP contribution in [0.5, 0.6) is 5.75 Å². The molecule has 5 heteroatoms. The summed E-state index contributed by atoms with van der Waals surface area (Å²) in [6.07, 6.45) is 0. The molecule has 0 aliphatic carbocycles. The number of nitrogens with one attached hydrogen (secondary N) is 2. The molecule has 2 aromatic rings. The summed E-state index contributed by atoms with van der Waals surface area (Å²) in [5, 5.41) is 7.20. The van der Waals surface area contributed by atoms with Crippen LogP contribution in [0.2, 0.25) is 0 Å². The normalized spacial score (nSPS) is 11.8. The molecule has 2 aromatic carbocycles. The van der Waals surface area contributed by atoms with Gasteiger partial charge in [0.1, 0.15) is 5.75 Å². The summed E-state index contributed by atoms with van der Waals surface area (Å²) >= 11 is 5.45. The van der Waals surface area contributed by atoms with Gasteiger partial charge in [-0.3, -0.25) is 4.90 Å². The zero-order valence-corrected chi connectivity index (χ0v) is 16.0. The van der Waals surface area contributed by atoms with Crippen LogP contribution in [0, 0.1) is 0 Å². The largest absolute Gasteiger partial charge is 0.497 e. The molecule has 0 bridgehead atoms. The first-order valence-corrected chi connectivity index (χ1v) is 9.06. The van der Waals surface area contributed by atoms with Gasteiger partial charge in [0.25, 0.3) is 0 Å². The molecule has 134 valence electrons. The molecule has 0 heterocycles. The van der Waals surface area contributed by atoms with Crippen LogP contribution in [0.4, 0.5) is 5.69 Å². The van der Waals surface area contributed by atoms with E-state index in [0.717, 1.165) is 31.1 Å². The average Bonchev–Trinajstić information content (AvgIpc) is 2.66. The number of likely N-dealkylation sites (N-methyl/N-ethyl adjacent to an activating group) is 1. The highest BCUT2D eigenvalue weighted by atomic mass is 32.1. The maximum Gasteiger partial charge on any atom is 0.170 e. The van der Waals surface area contributed by atoms with E-state index in [9.17, 15) is 0 Å². The van der Waals surface area contributed by atoms with Gasteiger partial charge in [-0.1, -0.05) is 44.2 Å². The molecule has 1 atom stereocenters. The molecule has 4 nitrogen and oxygen atoms in total. The van der Waals surface area contributed by atoms with Crippen molar-refractivity contribution in [1.82, 2.24) is 10.2 Å². The van der Waals surface area contributed by atoms with Crippen molar-refractivity contribution >= 4 is 23.0 Å². The summed E-state index contributed by atoms with van der Waals surface area (Å²) in [7, 11) is 1.66. The first-order valence-electron chi connectivity index (χ1n) is 8.65. The Morgan fingerprint density at radius 2 is 1.68 bits per heavy atom. The van der Waals surface area contributed by atoms with Gasteiger partial charge in [0.05, 0.1) is 13.2 Å². The third-order valence-corrected chi connectivity index (χ3v) is 4.49. The number of hydrogen-bond donors (Lipinski definition) is 2. The van der Waals surface area contributed by atoms with E-state index in [2.05, 4.69) is 53.6 Å². The van der Waals surface area contributed by atoms with Crippen LogP contribution >= 0.6 is 12.2 Å². The van der Waals surface area contributed by atoms with Crippen LogP contribution in [0.3, 0.4) is 0 Å². The number of thiocarbonyl (C=S) groups is 1. The fraction of sp³-hybridized carbons (Fsp3) is 0.350. The molecule has 2 rings (SSSR count). The van der Waals surface area contributed by atoms with Crippen molar-refractivity contribution < 1.29 is 4.74 Å². The summed E-state index contributed by atoms with van der Waals surface area (Å²) < 4.78 is 5.17. The van der Waals surface area contributed by atoms with Gasteiger partial charge in [0.2, 0.25) is 0 Å². The van der Waals surface area contributed by atoms with Crippen molar-refractivity contribution in [3.8, 4) is 5.75 Å². The number of nitrogens with zero attached hydrogens (tertiary/aromatic N) is 1. The van der Waals surface area contributed by atoms with E-state index in [4.69, 9.17) is 17.0 Å². The monoisotopic (exact) mass is 357 g/mol. The Hall–Kier alpha value is -2.11. The lowest BCUT2D eigenvalue weighted by Crippen LogP contribution is -2.39. The smallest absolute Gasteiger partial charge is 0.170 e. The SMILES string of the molecule is CCN(CC)[C@H](CNC(=S)Nc1ccc(OC)cc1)c1ccccc1. The van der Waals surface area contributed by atoms with E-state index in [1.165, 1.54) is 5.56 Å². The number of rotatable bonds is 8. The Morgan fingerprint density at radius 1 is 1.04 bits per heavy atom. The summed E-state index contributed by atoms with van der Waals surface area (Å²) in [4.78, 5) is 2.43. The molecule has 0 unspecified atom stereocenters. The van der Waals surface area contributed by atoms with Crippen molar-refractivity contribution in [2.24, 2.45) is 0 Å². The van der Waals surface area contributed by atoms with Crippen molar-refractivity contribution in [3.63, 3.8) is 0 Å². The third-order valence-electron chi connectivity index (χ3n) is 4.24. The molecular weight excluding hydrogens is 330 g/mol. The predicted molar refractivity (Wildman–Crippen MR) is 109 cm³/mol. The second-order valence-electron chi connectivity index (χ2n) is 5.71. The average molecular weight is 358 g/mol. The molecule has 0 saturated carbocycles. The van der Waals surface area contributed by atoms with Gasteiger partial charge in [0.15, 0.2) is 5.11 Å².